The molecule has 0 aliphatic carbocycles. The smallest absolute Gasteiger partial charge is 0.0707 e. The first-order valence-corrected chi connectivity index (χ1v) is 4.68. The van der Waals surface area contributed by atoms with Crippen molar-refractivity contribution in [2.75, 3.05) is 0 Å². The predicted molar refractivity (Wildman–Crippen MR) is 58.0 cm³/mol. The van der Waals surface area contributed by atoms with Crippen molar-refractivity contribution in [1.29, 1.82) is 0 Å². The number of aryl methyl sites for hydroxylation is 2. The maximum Gasteiger partial charge on any atom is 0.0707 e. The number of pyridine rings is 1. The molecule has 0 saturated heterocycles. The molecule has 0 fully saturated rings. The van der Waals surface area contributed by atoms with Gasteiger partial charge in [-0.05, 0) is 31.0 Å². The third-order valence-electron chi connectivity index (χ3n) is 2.35. The molecule has 1 aromatic carbocycles. The second-order valence-corrected chi connectivity index (χ2v) is 3.41. The average molecular weight is 182 g/mol. The van der Waals surface area contributed by atoms with Crippen LogP contribution in [0.3, 0.4) is 0 Å². The van der Waals surface area contributed by atoms with Gasteiger partial charge in [-0.15, -0.1) is 0 Å². The van der Waals surface area contributed by atoms with Gasteiger partial charge in [0, 0.05) is 17.8 Å². The number of hydrogen-bond donors (Lipinski definition) is 0. The molecule has 1 heteroatoms. The van der Waals surface area contributed by atoms with Crippen LogP contribution in [0.5, 0.6) is 0 Å². The van der Waals surface area contributed by atoms with E-state index in [2.05, 4.69) is 43.1 Å². The van der Waals surface area contributed by atoms with E-state index < -0.39 is 0 Å². The molecule has 69 valence electrons. The van der Waals surface area contributed by atoms with Gasteiger partial charge in [0.2, 0.25) is 0 Å². The number of nitrogens with zero attached hydrogens (tertiary/aromatic N) is 1. The van der Waals surface area contributed by atoms with Crippen molar-refractivity contribution < 1.29 is 0 Å². The Hall–Kier alpha value is -1.63. The predicted octanol–water partition coefficient (Wildman–Crippen LogP) is 3.17. The molecule has 0 bridgehead atoms. The van der Waals surface area contributed by atoms with E-state index in [0.717, 1.165) is 5.69 Å². The second kappa shape index (κ2) is 3.62. The topological polar surface area (TPSA) is 12.9 Å². The minimum atomic E-state index is 1.03. The van der Waals surface area contributed by atoms with Crippen molar-refractivity contribution in [1.82, 2.24) is 4.98 Å². The van der Waals surface area contributed by atoms with E-state index in [1.54, 1.807) is 6.20 Å². The molecule has 0 aliphatic rings. The molecule has 2 aromatic rings. The summed E-state index contributed by atoms with van der Waals surface area (Å²) in [6, 6.07) is 13.1. The Morgan fingerprint density at radius 2 is 1.79 bits per heavy atom. The molecular weight excluding hydrogens is 170 g/mol. The molecule has 0 amide bonds. The highest BCUT2D eigenvalue weighted by Gasteiger charge is 2.04. The van der Waals surface area contributed by atoms with Crippen LogP contribution in [-0.2, 0) is 0 Å². The first kappa shape index (κ1) is 8.95. The minimum absolute atomic E-state index is 1.03. The van der Waals surface area contributed by atoms with E-state index in [1.165, 1.54) is 16.7 Å². The van der Waals surface area contributed by atoms with Gasteiger partial charge in [0.1, 0.15) is 0 Å². The van der Waals surface area contributed by atoms with Gasteiger partial charge in [-0.1, -0.05) is 24.3 Å². The summed E-state index contributed by atoms with van der Waals surface area (Å²) >= 11 is 0. The molecule has 0 saturated carbocycles. The molecule has 0 spiro atoms. The summed E-state index contributed by atoms with van der Waals surface area (Å²) in [6.07, 6.45) is 1.71. The van der Waals surface area contributed by atoms with Crippen LogP contribution < -0.4 is 0 Å². The Morgan fingerprint density at radius 1 is 1.07 bits per heavy atom. The van der Waals surface area contributed by atoms with Gasteiger partial charge >= 0.3 is 0 Å². The zero-order chi connectivity index (χ0) is 9.97. The summed E-state index contributed by atoms with van der Waals surface area (Å²) in [5.74, 6) is 0. The molecule has 0 unspecified atom stereocenters. The van der Waals surface area contributed by atoms with Crippen molar-refractivity contribution in [2.45, 2.75) is 13.8 Å². The van der Waals surface area contributed by atoms with Gasteiger partial charge < -0.3 is 0 Å². The Bertz CT molecular complexity index is 412. The van der Waals surface area contributed by atoms with Crippen molar-refractivity contribution in [3.63, 3.8) is 0 Å². The van der Waals surface area contributed by atoms with Crippen LogP contribution in [0.4, 0.5) is 0 Å². The summed E-state index contributed by atoms with van der Waals surface area (Å²) in [4.78, 5) is 4.32. The zero-order valence-corrected chi connectivity index (χ0v) is 8.41. The van der Waals surface area contributed by atoms with E-state index >= 15 is 0 Å². The lowest BCUT2D eigenvalue weighted by molar-refractivity contribution is 1.28. The Labute approximate surface area is 84.4 Å². The number of aromatic nitrogens is 1. The monoisotopic (exact) mass is 182 g/mol. The number of hydrogen-bond acceptors (Lipinski definition) is 1. The summed E-state index contributed by atoms with van der Waals surface area (Å²) in [5, 5.41) is 0. The first-order valence-electron chi connectivity index (χ1n) is 4.68. The molecule has 0 N–H and O–H groups in total. The number of rotatable bonds is 1. The molecular formula is C13H12N. The first-order chi connectivity index (χ1) is 6.79. The van der Waals surface area contributed by atoms with Crippen molar-refractivity contribution in [3.05, 3.63) is 53.7 Å². The quantitative estimate of drug-likeness (QED) is 0.660. The van der Waals surface area contributed by atoms with Gasteiger partial charge in [0.15, 0.2) is 0 Å². The van der Waals surface area contributed by atoms with Gasteiger partial charge in [-0.2, -0.15) is 0 Å². The van der Waals surface area contributed by atoms with Crippen LogP contribution in [0.15, 0.2) is 36.5 Å². The van der Waals surface area contributed by atoms with Gasteiger partial charge in [-0.3, -0.25) is 4.98 Å². The highest BCUT2D eigenvalue weighted by atomic mass is 14.7. The molecule has 1 radical (unpaired) electrons. The Morgan fingerprint density at radius 3 is 2.36 bits per heavy atom. The lowest BCUT2D eigenvalue weighted by Gasteiger charge is -2.07. The second-order valence-electron chi connectivity index (χ2n) is 3.41. The standard InChI is InChI=1S/C13H12N/c1-10-6-5-7-11(2)13(10)12-8-3-4-9-14-12/h3,5-9H,1-2H3. The lowest BCUT2D eigenvalue weighted by atomic mass is 10.00. The van der Waals surface area contributed by atoms with Crippen LogP contribution in [0, 0.1) is 19.9 Å². The molecule has 1 aromatic heterocycles. The highest BCUT2D eigenvalue weighted by Crippen LogP contribution is 2.24. The molecule has 1 heterocycles. The van der Waals surface area contributed by atoms with Crippen LogP contribution in [-0.4, -0.2) is 4.98 Å². The fourth-order valence-corrected chi connectivity index (χ4v) is 1.69. The number of benzene rings is 1. The van der Waals surface area contributed by atoms with Crippen LogP contribution >= 0.6 is 0 Å². The molecule has 0 aliphatic heterocycles. The van der Waals surface area contributed by atoms with Crippen molar-refractivity contribution in [3.8, 4) is 11.3 Å². The third-order valence-corrected chi connectivity index (χ3v) is 2.35. The summed E-state index contributed by atoms with van der Waals surface area (Å²) < 4.78 is 0. The zero-order valence-electron chi connectivity index (χ0n) is 8.41. The van der Waals surface area contributed by atoms with E-state index in [4.69, 9.17) is 0 Å². The molecule has 14 heavy (non-hydrogen) atoms. The molecule has 0 atom stereocenters. The van der Waals surface area contributed by atoms with E-state index in [1.807, 2.05) is 12.1 Å². The summed E-state index contributed by atoms with van der Waals surface area (Å²) in [6.45, 7) is 4.22. The maximum absolute atomic E-state index is 4.32. The average Bonchev–Trinajstić information content (AvgIpc) is 2.19. The van der Waals surface area contributed by atoms with Crippen LogP contribution in [0.2, 0.25) is 0 Å². The minimum Gasteiger partial charge on any atom is -0.256 e. The van der Waals surface area contributed by atoms with Crippen LogP contribution in [0.25, 0.3) is 11.3 Å². The van der Waals surface area contributed by atoms with E-state index in [-0.39, 0.29) is 0 Å². The van der Waals surface area contributed by atoms with E-state index in [0.29, 0.717) is 0 Å². The summed E-state index contributed by atoms with van der Waals surface area (Å²) in [5.41, 5.74) is 4.80. The fourth-order valence-electron chi connectivity index (χ4n) is 1.69. The SMILES string of the molecule is Cc1cccc(C)c1-c1cc[c]cn1. The highest BCUT2D eigenvalue weighted by molar-refractivity contribution is 5.66. The normalized spacial score (nSPS) is 10.1. The lowest BCUT2D eigenvalue weighted by Crippen LogP contribution is -1.89. The Balaban J connectivity index is 2.63. The van der Waals surface area contributed by atoms with Gasteiger partial charge in [0.05, 0.1) is 5.69 Å². The van der Waals surface area contributed by atoms with E-state index in [9.17, 15) is 0 Å². The fraction of sp³-hybridized carbons (Fsp3) is 0.154. The van der Waals surface area contributed by atoms with Gasteiger partial charge in [0.25, 0.3) is 0 Å². The van der Waals surface area contributed by atoms with Crippen LogP contribution in [0.1, 0.15) is 11.1 Å². The third kappa shape index (κ3) is 1.53. The van der Waals surface area contributed by atoms with Crippen molar-refractivity contribution >= 4 is 0 Å². The molecule has 1 nitrogen and oxygen atoms in total. The Kier molecular flexibility index (Phi) is 2.32. The molecule has 2 rings (SSSR count). The van der Waals surface area contributed by atoms with Crippen molar-refractivity contribution in [2.24, 2.45) is 0 Å². The van der Waals surface area contributed by atoms with Gasteiger partial charge in [-0.25, -0.2) is 0 Å². The largest absolute Gasteiger partial charge is 0.256 e. The summed E-state index contributed by atoms with van der Waals surface area (Å²) in [7, 11) is 0. The maximum atomic E-state index is 4.32.